The summed E-state index contributed by atoms with van der Waals surface area (Å²) >= 11 is 0. The smallest absolute Gasteiger partial charge is 0.305 e. The van der Waals surface area contributed by atoms with Crippen LogP contribution in [0.1, 0.15) is 6.42 Å². The fourth-order valence-corrected chi connectivity index (χ4v) is 2.17. The molecule has 19 heavy (non-hydrogen) atoms. The number of rotatable bonds is 6. The lowest BCUT2D eigenvalue weighted by Crippen LogP contribution is -2.13. The van der Waals surface area contributed by atoms with E-state index in [1.165, 1.54) is 10.9 Å². The zero-order valence-electron chi connectivity index (χ0n) is 9.52. The third-order valence-corrected chi connectivity index (χ3v) is 3.41. The van der Waals surface area contributed by atoms with Gasteiger partial charge in [-0.15, -0.1) is 0 Å². The van der Waals surface area contributed by atoms with Gasteiger partial charge in [-0.1, -0.05) is 0 Å². The Kier molecular flexibility index (Phi) is 3.46. The molecule has 0 atom stereocenters. The average Bonchev–Trinajstić information content (AvgIpc) is 2.96. The Hall–Kier alpha value is -2.43. The molecule has 2 rings (SSSR count). The van der Waals surface area contributed by atoms with Crippen LogP contribution in [0.5, 0.6) is 0 Å². The van der Waals surface area contributed by atoms with E-state index in [0.29, 0.717) is 0 Å². The monoisotopic (exact) mass is 286 g/mol. The Labute approximate surface area is 107 Å². The van der Waals surface area contributed by atoms with E-state index < -0.39 is 16.0 Å². The summed E-state index contributed by atoms with van der Waals surface area (Å²) in [4.78, 5) is 13.9. The van der Waals surface area contributed by atoms with E-state index in [0.717, 1.165) is 12.5 Å². The van der Waals surface area contributed by atoms with Crippen molar-refractivity contribution in [2.75, 3.05) is 4.72 Å². The normalized spacial score (nSPS) is 11.4. The van der Waals surface area contributed by atoms with Crippen LogP contribution in [0.4, 0.5) is 5.95 Å². The highest BCUT2D eigenvalue weighted by atomic mass is 32.2. The van der Waals surface area contributed by atoms with Gasteiger partial charge < -0.3 is 5.11 Å². The van der Waals surface area contributed by atoms with Gasteiger partial charge in [-0.3, -0.25) is 9.48 Å². The number of aromatic amines is 1. The van der Waals surface area contributed by atoms with Crippen molar-refractivity contribution in [2.45, 2.75) is 17.9 Å². The number of aliphatic carboxylic acids is 1. The van der Waals surface area contributed by atoms with E-state index in [4.69, 9.17) is 5.11 Å². The molecule has 0 amide bonds. The van der Waals surface area contributed by atoms with Crippen molar-refractivity contribution < 1.29 is 18.3 Å². The molecule has 0 aromatic carbocycles. The maximum atomic E-state index is 11.9. The molecule has 102 valence electrons. The topological polar surface area (TPSA) is 143 Å². The van der Waals surface area contributed by atoms with Crippen LogP contribution in [0.3, 0.4) is 0 Å². The third kappa shape index (κ3) is 3.28. The molecule has 0 saturated carbocycles. The zero-order chi connectivity index (χ0) is 13.9. The second kappa shape index (κ2) is 5.06. The molecule has 2 aromatic heterocycles. The summed E-state index contributed by atoms with van der Waals surface area (Å²) in [5.74, 6) is -1.00. The molecule has 0 aliphatic carbocycles. The largest absolute Gasteiger partial charge is 0.481 e. The van der Waals surface area contributed by atoms with Crippen LogP contribution in [0.15, 0.2) is 23.6 Å². The molecule has 0 aliphatic rings. The Balaban J connectivity index is 2.10. The van der Waals surface area contributed by atoms with Crippen LogP contribution in [-0.4, -0.2) is 44.5 Å². The highest BCUT2D eigenvalue weighted by Crippen LogP contribution is 2.11. The first-order valence-electron chi connectivity index (χ1n) is 5.10. The number of hydrogen-bond acceptors (Lipinski definition) is 6. The van der Waals surface area contributed by atoms with Crippen LogP contribution < -0.4 is 4.72 Å². The molecule has 2 heterocycles. The van der Waals surface area contributed by atoms with Crippen molar-refractivity contribution >= 4 is 21.9 Å². The van der Waals surface area contributed by atoms with Gasteiger partial charge >= 0.3 is 5.97 Å². The number of sulfonamides is 1. The average molecular weight is 286 g/mol. The number of nitrogens with one attached hydrogen (secondary N) is 2. The first-order chi connectivity index (χ1) is 8.97. The fraction of sp³-hybridized carbons (Fsp3) is 0.250. The summed E-state index contributed by atoms with van der Waals surface area (Å²) in [5, 5.41) is 18.2. The summed E-state index contributed by atoms with van der Waals surface area (Å²) in [6, 6.07) is 0. The summed E-state index contributed by atoms with van der Waals surface area (Å²) in [6.07, 6.45) is 3.38. The molecule has 0 unspecified atom stereocenters. The third-order valence-electron chi connectivity index (χ3n) is 2.12. The van der Waals surface area contributed by atoms with Crippen LogP contribution in [0.25, 0.3) is 0 Å². The van der Waals surface area contributed by atoms with Gasteiger partial charge in [-0.05, 0) is 0 Å². The molecule has 0 aliphatic heterocycles. The van der Waals surface area contributed by atoms with E-state index in [2.05, 4.69) is 25.0 Å². The van der Waals surface area contributed by atoms with Crippen LogP contribution in [-0.2, 0) is 21.4 Å². The van der Waals surface area contributed by atoms with E-state index in [1.54, 1.807) is 0 Å². The number of nitrogens with zero attached hydrogens (tertiary/aromatic N) is 4. The van der Waals surface area contributed by atoms with Crippen LogP contribution in [0.2, 0.25) is 0 Å². The van der Waals surface area contributed by atoms with Crippen molar-refractivity contribution in [3.8, 4) is 0 Å². The Bertz CT molecular complexity index is 661. The molecular weight excluding hydrogens is 276 g/mol. The Morgan fingerprint density at radius 1 is 1.53 bits per heavy atom. The number of hydrogen-bond donors (Lipinski definition) is 3. The van der Waals surface area contributed by atoms with E-state index >= 15 is 0 Å². The number of anilines is 1. The van der Waals surface area contributed by atoms with Crippen molar-refractivity contribution in [2.24, 2.45) is 0 Å². The highest BCUT2D eigenvalue weighted by molar-refractivity contribution is 7.92. The van der Waals surface area contributed by atoms with Gasteiger partial charge in [0.1, 0.15) is 11.2 Å². The summed E-state index contributed by atoms with van der Waals surface area (Å²) < 4.78 is 27.2. The summed E-state index contributed by atoms with van der Waals surface area (Å²) in [6.45, 7) is 0.0904. The van der Waals surface area contributed by atoms with Crippen molar-refractivity contribution in [1.82, 2.24) is 25.0 Å². The molecule has 0 radical (unpaired) electrons. The fourth-order valence-electron chi connectivity index (χ4n) is 1.26. The summed E-state index contributed by atoms with van der Waals surface area (Å²) in [7, 11) is -3.82. The standard InChI is InChI=1S/C8H10N6O4S/c15-7(16)1-2-14-4-6(3-11-14)19(17,18)13-8-9-5-10-12-8/h3-5H,1-2H2,(H,15,16)(H2,9,10,12,13). The molecular formula is C8H10N6O4S. The molecule has 0 bridgehead atoms. The highest BCUT2D eigenvalue weighted by Gasteiger charge is 2.18. The Morgan fingerprint density at radius 3 is 2.95 bits per heavy atom. The molecule has 2 aromatic rings. The van der Waals surface area contributed by atoms with Gasteiger partial charge in [0, 0.05) is 6.20 Å². The number of carbonyl (C=O) groups is 1. The lowest BCUT2D eigenvalue weighted by atomic mass is 10.4. The number of aryl methyl sites for hydroxylation is 1. The molecule has 0 fully saturated rings. The second-order valence-electron chi connectivity index (χ2n) is 3.52. The molecule has 0 spiro atoms. The zero-order valence-corrected chi connectivity index (χ0v) is 10.3. The van der Waals surface area contributed by atoms with E-state index in [1.807, 2.05) is 0 Å². The molecule has 0 saturated heterocycles. The maximum Gasteiger partial charge on any atom is 0.305 e. The summed E-state index contributed by atoms with van der Waals surface area (Å²) in [5.41, 5.74) is 0. The lowest BCUT2D eigenvalue weighted by molar-refractivity contribution is -0.137. The molecule has 11 heteroatoms. The number of carboxylic acid groups (broad SMARTS) is 1. The van der Waals surface area contributed by atoms with Crippen molar-refractivity contribution in [3.63, 3.8) is 0 Å². The lowest BCUT2D eigenvalue weighted by Gasteiger charge is -2.01. The molecule has 3 N–H and O–H groups in total. The van der Waals surface area contributed by atoms with Crippen molar-refractivity contribution in [1.29, 1.82) is 0 Å². The van der Waals surface area contributed by atoms with Crippen LogP contribution in [0, 0.1) is 0 Å². The number of H-pyrrole nitrogens is 1. The first-order valence-corrected chi connectivity index (χ1v) is 6.58. The number of carboxylic acids is 1. The van der Waals surface area contributed by atoms with Crippen LogP contribution >= 0.6 is 0 Å². The minimum atomic E-state index is -3.82. The molecule has 10 nitrogen and oxygen atoms in total. The van der Waals surface area contributed by atoms with Gasteiger partial charge in [0.2, 0.25) is 5.95 Å². The SMILES string of the molecule is O=C(O)CCn1cc(S(=O)(=O)Nc2ncn[nH]2)cn1. The minimum Gasteiger partial charge on any atom is -0.481 e. The van der Waals surface area contributed by atoms with Crippen molar-refractivity contribution in [3.05, 3.63) is 18.7 Å². The first kappa shape index (κ1) is 13.0. The van der Waals surface area contributed by atoms with E-state index in [9.17, 15) is 13.2 Å². The Morgan fingerprint density at radius 2 is 2.32 bits per heavy atom. The van der Waals surface area contributed by atoms with Gasteiger partial charge in [0.05, 0.1) is 19.2 Å². The second-order valence-corrected chi connectivity index (χ2v) is 5.20. The van der Waals surface area contributed by atoms with Gasteiger partial charge in [-0.2, -0.15) is 15.2 Å². The minimum absolute atomic E-state index is 0.0155. The van der Waals surface area contributed by atoms with E-state index in [-0.39, 0.29) is 23.8 Å². The van der Waals surface area contributed by atoms with Gasteiger partial charge in [-0.25, -0.2) is 18.2 Å². The van der Waals surface area contributed by atoms with Gasteiger partial charge in [0.15, 0.2) is 0 Å². The quantitative estimate of drug-likeness (QED) is 0.635. The maximum absolute atomic E-state index is 11.9. The predicted molar refractivity (Wildman–Crippen MR) is 61.7 cm³/mol. The number of aromatic nitrogens is 5. The van der Waals surface area contributed by atoms with Gasteiger partial charge in [0.25, 0.3) is 10.0 Å². The predicted octanol–water partition coefficient (Wildman–Crippen LogP) is -0.723.